The van der Waals surface area contributed by atoms with Crippen LogP contribution in [-0.4, -0.2) is 29.6 Å². The molecule has 5 nitrogen and oxygen atoms in total. The highest BCUT2D eigenvalue weighted by Gasteiger charge is 2.22. The van der Waals surface area contributed by atoms with E-state index in [2.05, 4.69) is 5.32 Å². The van der Waals surface area contributed by atoms with Gasteiger partial charge in [-0.15, -0.1) is 0 Å². The minimum atomic E-state index is -0.696. The number of rotatable bonds is 8. The van der Waals surface area contributed by atoms with Gasteiger partial charge in [-0.1, -0.05) is 25.5 Å². The van der Waals surface area contributed by atoms with Crippen molar-refractivity contribution in [2.24, 2.45) is 0 Å². The van der Waals surface area contributed by atoms with E-state index in [0.717, 1.165) is 18.4 Å². The number of hydrogen-bond donors (Lipinski definition) is 2. The van der Waals surface area contributed by atoms with Gasteiger partial charge in [-0.2, -0.15) is 0 Å². The van der Waals surface area contributed by atoms with Crippen LogP contribution in [0.5, 0.6) is 5.75 Å². The van der Waals surface area contributed by atoms with Crippen LogP contribution in [0.3, 0.4) is 0 Å². The second kappa shape index (κ2) is 9.00. The maximum absolute atomic E-state index is 11.9. The zero-order valence-corrected chi connectivity index (χ0v) is 12.6. The number of esters is 1. The summed E-state index contributed by atoms with van der Waals surface area (Å²) in [5.74, 6) is -0.414. The lowest BCUT2D eigenvalue weighted by Gasteiger charge is -2.17. The van der Waals surface area contributed by atoms with Crippen LogP contribution in [0.25, 0.3) is 0 Å². The number of carbonyl (C=O) groups excluding carboxylic acids is 2. The van der Waals surface area contributed by atoms with Gasteiger partial charge in [0.05, 0.1) is 6.61 Å². The van der Waals surface area contributed by atoms with Crippen molar-refractivity contribution >= 4 is 11.9 Å². The zero-order chi connectivity index (χ0) is 15.7. The summed E-state index contributed by atoms with van der Waals surface area (Å²) in [4.78, 5) is 23.7. The van der Waals surface area contributed by atoms with E-state index in [1.54, 1.807) is 31.2 Å². The molecule has 1 amide bonds. The van der Waals surface area contributed by atoms with Crippen LogP contribution in [0.1, 0.15) is 38.7 Å². The summed E-state index contributed by atoms with van der Waals surface area (Å²) in [6, 6.07) is 5.85. The Bertz CT molecular complexity index is 456. The van der Waals surface area contributed by atoms with Crippen LogP contribution in [0.4, 0.5) is 0 Å². The number of unbranched alkanes of at least 4 members (excludes halogenated alkanes) is 1. The van der Waals surface area contributed by atoms with Gasteiger partial charge < -0.3 is 15.2 Å². The summed E-state index contributed by atoms with van der Waals surface area (Å²) in [7, 11) is 0. The number of amides is 1. The van der Waals surface area contributed by atoms with Gasteiger partial charge in [-0.3, -0.25) is 4.79 Å². The van der Waals surface area contributed by atoms with Crippen molar-refractivity contribution in [3.8, 4) is 5.75 Å². The van der Waals surface area contributed by atoms with E-state index in [9.17, 15) is 14.7 Å². The topological polar surface area (TPSA) is 75.6 Å². The van der Waals surface area contributed by atoms with E-state index in [0.29, 0.717) is 12.8 Å². The second-order valence-corrected chi connectivity index (χ2v) is 4.85. The summed E-state index contributed by atoms with van der Waals surface area (Å²) >= 11 is 0. The molecule has 0 aromatic heterocycles. The molecule has 5 heteroatoms. The third kappa shape index (κ3) is 6.29. The molecule has 2 N–H and O–H groups in total. The number of phenolic OH excluding ortho intramolecular Hbond substituents is 1. The molecule has 1 rings (SSSR count). The number of ether oxygens (including phenoxy) is 1. The lowest BCUT2D eigenvalue weighted by atomic mass is 10.1. The molecule has 0 bridgehead atoms. The zero-order valence-electron chi connectivity index (χ0n) is 12.6. The van der Waals surface area contributed by atoms with Crippen molar-refractivity contribution in [3.05, 3.63) is 29.8 Å². The first kappa shape index (κ1) is 17.0. The minimum Gasteiger partial charge on any atom is -0.508 e. The van der Waals surface area contributed by atoms with E-state index in [1.807, 2.05) is 6.92 Å². The molecule has 0 aliphatic rings. The first-order chi connectivity index (χ1) is 10.1. The van der Waals surface area contributed by atoms with Gasteiger partial charge in [0.2, 0.25) is 5.91 Å². The highest BCUT2D eigenvalue weighted by molar-refractivity contribution is 5.84. The van der Waals surface area contributed by atoms with Crippen LogP contribution >= 0.6 is 0 Å². The summed E-state index contributed by atoms with van der Waals surface area (Å²) in [6.07, 6.45) is 2.47. The Hall–Kier alpha value is -2.04. The molecule has 1 aromatic carbocycles. The largest absolute Gasteiger partial charge is 0.508 e. The number of nitrogens with one attached hydrogen (secondary N) is 1. The average Bonchev–Trinajstić information content (AvgIpc) is 2.47. The number of phenols is 1. The Kier molecular flexibility index (Phi) is 7.29. The Balaban J connectivity index is 2.69. The fourth-order valence-electron chi connectivity index (χ4n) is 1.91. The van der Waals surface area contributed by atoms with Crippen LogP contribution < -0.4 is 5.32 Å². The normalized spacial score (nSPS) is 11.7. The fourth-order valence-corrected chi connectivity index (χ4v) is 1.91. The molecule has 0 saturated carbocycles. The molecule has 1 atom stereocenters. The Morgan fingerprint density at radius 3 is 2.48 bits per heavy atom. The number of aromatic hydroxyl groups is 1. The SMILES string of the molecule is CCCCC(=O)N[C@@H](Cc1ccc(O)cc1)C(=O)OCC. The van der Waals surface area contributed by atoms with E-state index >= 15 is 0 Å². The third-order valence-corrected chi connectivity index (χ3v) is 3.04. The van der Waals surface area contributed by atoms with Gasteiger partial charge in [-0.25, -0.2) is 4.79 Å². The molecule has 0 aliphatic heterocycles. The first-order valence-electron chi connectivity index (χ1n) is 7.30. The molecule has 0 fully saturated rings. The smallest absolute Gasteiger partial charge is 0.328 e. The average molecular weight is 293 g/mol. The predicted octanol–water partition coefficient (Wildman–Crippen LogP) is 2.17. The van der Waals surface area contributed by atoms with Crippen molar-refractivity contribution in [2.75, 3.05) is 6.61 Å². The predicted molar refractivity (Wildman–Crippen MR) is 79.9 cm³/mol. The molecular weight excluding hydrogens is 270 g/mol. The third-order valence-electron chi connectivity index (χ3n) is 3.04. The van der Waals surface area contributed by atoms with Crippen molar-refractivity contribution in [1.29, 1.82) is 0 Å². The van der Waals surface area contributed by atoms with Crippen LogP contribution in [-0.2, 0) is 20.7 Å². The summed E-state index contributed by atoms with van der Waals surface area (Å²) in [5, 5.41) is 12.0. The van der Waals surface area contributed by atoms with Gasteiger partial charge in [0.1, 0.15) is 11.8 Å². The number of benzene rings is 1. The maximum atomic E-state index is 11.9. The molecule has 1 aromatic rings. The lowest BCUT2D eigenvalue weighted by molar-refractivity contribution is -0.147. The number of hydrogen-bond acceptors (Lipinski definition) is 4. The molecule has 0 saturated heterocycles. The molecular formula is C16H23NO4. The van der Waals surface area contributed by atoms with E-state index in [1.165, 1.54) is 0 Å². The Morgan fingerprint density at radius 1 is 1.24 bits per heavy atom. The van der Waals surface area contributed by atoms with Crippen molar-refractivity contribution in [3.63, 3.8) is 0 Å². The van der Waals surface area contributed by atoms with Gasteiger partial charge in [-0.05, 0) is 31.0 Å². The van der Waals surface area contributed by atoms with E-state index in [-0.39, 0.29) is 18.3 Å². The Labute approximate surface area is 125 Å². The second-order valence-electron chi connectivity index (χ2n) is 4.85. The molecule has 21 heavy (non-hydrogen) atoms. The quantitative estimate of drug-likeness (QED) is 0.720. The standard InChI is InChI=1S/C16H23NO4/c1-3-5-6-15(19)17-14(16(20)21-4-2)11-12-7-9-13(18)10-8-12/h7-10,14,18H,3-6,11H2,1-2H3,(H,17,19)/t14-/m0/s1. The van der Waals surface area contributed by atoms with Gasteiger partial charge >= 0.3 is 5.97 Å². The monoisotopic (exact) mass is 293 g/mol. The van der Waals surface area contributed by atoms with E-state index < -0.39 is 12.0 Å². The summed E-state index contributed by atoms with van der Waals surface area (Å²) < 4.78 is 5.00. The molecule has 0 unspecified atom stereocenters. The molecule has 0 radical (unpaired) electrons. The Morgan fingerprint density at radius 2 is 1.90 bits per heavy atom. The lowest BCUT2D eigenvalue weighted by Crippen LogP contribution is -2.43. The van der Waals surface area contributed by atoms with Crippen molar-refractivity contribution in [1.82, 2.24) is 5.32 Å². The van der Waals surface area contributed by atoms with Gasteiger partial charge in [0.15, 0.2) is 0 Å². The van der Waals surface area contributed by atoms with Crippen LogP contribution in [0, 0.1) is 0 Å². The molecule has 116 valence electrons. The summed E-state index contributed by atoms with van der Waals surface area (Å²) in [5.41, 5.74) is 0.849. The number of carbonyl (C=O) groups is 2. The van der Waals surface area contributed by atoms with E-state index in [4.69, 9.17) is 4.74 Å². The summed E-state index contributed by atoms with van der Waals surface area (Å²) in [6.45, 7) is 4.01. The maximum Gasteiger partial charge on any atom is 0.328 e. The molecule has 0 spiro atoms. The van der Waals surface area contributed by atoms with Crippen LogP contribution in [0.2, 0.25) is 0 Å². The van der Waals surface area contributed by atoms with Crippen molar-refractivity contribution < 1.29 is 19.4 Å². The van der Waals surface area contributed by atoms with Crippen LogP contribution in [0.15, 0.2) is 24.3 Å². The molecule has 0 aliphatic carbocycles. The first-order valence-corrected chi connectivity index (χ1v) is 7.30. The van der Waals surface area contributed by atoms with Gasteiger partial charge in [0.25, 0.3) is 0 Å². The van der Waals surface area contributed by atoms with Crippen molar-refractivity contribution in [2.45, 2.75) is 45.6 Å². The fraction of sp³-hybridized carbons (Fsp3) is 0.500. The molecule has 0 heterocycles. The highest BCUT2D eigenvalue weighted by atomic mass is 16.5. The van der Waals surface area contributed by atoms with Gasteiger partial charge in [0, 0.05) is 12.8 Å². The minimum absolute atomic E-state index is 0.145. The highest BCUT2D eigenvalue weighted by Crippen LogP contribution is 2.12.